The maximum absolute atomic E-state index is 13.0. The summed E-state index contributed by atoms with van der Waals surface area (Å²) in [6, 6.07) is 22.7. The lowest BCUT2D eigenvalue weighted by Crippen LogP contribution is -2.40. The zero-order valence-corrected chi connectivity index (χ0v) is 16.6. The van der Waals surface area contributed by atoms with Crippen LogP contribution in [-0.2, 0) is 16.1 Å². The van der Waals surface area contributed by atoms with Crippen LogP contribution in [0, 0.1) is 17.2 Å². The molecule has 0 radical (unpaired) electrons. The molecule has 0 aliphatic carbocycles. The fourth-order valence-electron chi connectivity index (χ4n) is 3.85. The number of piperidine rings is 1. The molecule has 1 aliphatic heterocycles. The molecule has 150 valence electrons. The van der Waals surface area contributed by atoms with Crippen molar-refractivity contribution in [3.63, 3.8) is 0 Å². The minimum Gasteiger partial charge on any atom is -0.461 e. The highest BCUT2D eigenvalue weighted by Gasteiger charge is 2.29. The first kappa shape index (κ1) is 19.7. The van der Waals surface area contributed by atoms with E-state index in [1.54, 1.807) is 24.3 Å². The van der Waals surface area contributed by atoms with Gasteiger partial charge in [0.05, 0.1) is 17.6 Å². The van der Waals surface area contributed by atoms with Crippen LogP contribution in [-0.4, -0.2) is 29.9 Å². The van der Waals surface area contributed by atoms with Crippen molar-refractivity contribution in [2.24, 2.45) is 5.92 Å². The second-order valence-electron chi connectivity index (χ2n) is 7.51. The fourth-order valence-corrected chi connectivity index (χ4v) is 3.85. The van der Waals surface area contributed by atoms with Crippen molar-refractivity contribution in [3.05, 3.63) is 83.4 Å². The Labute approximate surface area is 175 Å². The molecule has 1 amide bonds. The zero-order valence-electron chi connectivity index (χ0n) is 16.6. The van der Waals surface area contributed by atoms with Crippen molar-refractivity contribution in [1.82, 2.24) is 4.90 Å². The van der Waals surface area contributed by atoms with E-state index in [9.17, 15) is 9.59 Å². The smallest absolute Gasteiger partial charge is 0.309 e. The predicted octanol–water partition coefficient (Wildman–Crippen LogP) is 4.31. The highest BCUT2D eigenvalue weighted by Crippen LogP contribution is 2.24. The molecule has 0 saturated carbocycles. The highest BCUT2D eigenvalue weighted by molar-refractivity contribution is 6.07. The lowest BCUT2D eigenvalue weighted by molar-refractivity contribution is -0.151. The zero-order chi connectivity index (χ0) is 20.9. The van der Waals surface area contributed by atoms with Crippen molar-refractivity contribution in [2.75, 3.05) is 13.1 Å². The lowest BCUT2D eigenvalue weighted by atomic mass is 9.95. The van der Waals surface area contributed by atoms with Crippen LogP contribution in [0.2, 0.25) is 0 Å². The molecule has 0 bridgehead atoms. The van der Waals surface area contributed by atoms with Gasteiger partial charge in [0.1, 0.15) is 6.61 Å². The number of carbonyl (C=O) groups excluding carboxylic acids is 2. The Bertz CT molecular complexity index is 1100. The Kier molecular flexibility index (Phi) is 5.76. The minimum absolute atomic E-state index is 0.0104. The molecule has 0 spiro atoms. The van der Waals surface area contributed by atoms with Crippen LogP contribution >= 0.6 is 0 Å². The van der Waals surface area contributed by atoms with E-state index in [4.69, 9.17) is 10.00 Å². The van der Waals surface area contributed by atoms with Crippen molar-refractivity contribution in [2.45, 2.75) is 19.4 Å². The molecule has 0 atom stereocenters. The number of hydrogen-bond donors (Lipinski definition) is 0. The van der Waals surface area contributed by atoms with E-state index in [0.29, 0.717) is 37.1 Å². The number of fused-ring (bicyclic) bond motifs is 1. The van der Waals surface area contributed by atoms with Gasteiger partial charge in [-0.25, -0.2) is 0 Å². The molecule has 0 unspecified atom stereocenters. The molecule has 1 aliphatic rings. The van der Waals surface area contributed by atoms with Crippen LogP contribution in [0.15, 0.2) is 66.7 Å². The number of carbonyl (C=O) groups is 2. The number of likely N-dealkylation sites (tertiary alicyclic amines) is 1. The Morgan fingerprint density at radius 1 is 0.967 bits per heavy atom. The largest absolute Gasteiger partial charge is 0.461 e. The molecule has 5 nitrogen and oxygen atoms in total. The number of benzene rings is 3. The first-order valence-corrected chi connectivity index (χ1v) is 10.1. The topological polar surface area (TPSA) is 70.4 Å². The summed E-state index contributed by atoms with van der Waals surface area (Å²) < 4.78 is 5.45. The van der Waals surface area contributed by atoms with Crippen LogP contribution in [0.4, 0.5) is 0 Å². The van der Waals surface area contributed by atoms with Gasteiger partial charge in [0, 0.05) is 18.7 Å². The van der Waals surface area contributed by atoms with E-state index < -0.39 is 0 Å². The highest BCUT2D eigenvalue weighted by atomic mass is 16.5. The number of hydrogen-bond acceptors (Lipinski definition) is 4. The molecule has 1 fully saturated rings. The summed E-state index contributed by atoms with van der Waals surface area (Å²) in [5.41, 5.74) is 2.13. The molecule has 0 aromatic heterocycles. The van der Waals surface area contributed by atoms with Crippen LogP contribution < -0.4 is 0 Å². The molecule has 0 N–H and O–H groups in total. The third kappa shape index (κ3) is 4.18. The van der Waals surface area contributed by atoms with Crippen LogP contribution in [0.25, 0.3) is 10.8 Å². The third-order valence-corrected chi connectivity index (χ3v) is 5.60. The van der Waals surface area contributed by atoms with Gasteiger partial charge in [-0.15, -0.1) is 0 Å². The average Bonchev–Trinajstić information content (AvgIpc) is 2.82. The van der Waals surface area contributed by atoms with Gasteiger partial charge in [0.15, 0.2) is 0 Å². The summed E-state index contributed by atoms with van der Waals surface area (Å²) in [5.74, 6) is -0.409. The van der Waals surface area contributed by atoms with E-state index in [1.165, 1.54) is 0 Å². The quantitative estimate of drug-likeness (QED) is 0.614. The van der Waals surface area contributed by atoms with Gasteiger partial charge in [-0.3, -0.25) is 9.59 Å². The normalized spacial score (nSPS) is 14.3. The number of nitriles is 1. The number of ether oxygens (including phenoxy) is 1. The average molecular weight is 398 g/mol. The third-order valence-electron chi connectivity index (χ3n) is 5.60. The maximum Gasteiger partial charge on any atom is 0.309 e. The molecule has 5 heteroatoms. The van der Waals surface area contributed by atoms with Crippen LogP contribution in [0.5, 0.6) is 0 Å². The van der Waals surface area contributed by atoms with Crippen LogP contribution in [0.3, 0.4) is 0 Å². The molecule has 1 heterocycles. The lowest BCUT2D eigenvalue weighted by Gasteiger charge is -2.31. The molecule has 3 aromatic rings. The summed E-state index contributed by atoms with van der Waals surface area (Å²) in [4.78, 5) is 27.3. The monoisotopic (exact) mass is 398 g/mol. The van der Waals surface area contributed by atoms with Crippen molar-refractivity contribution >= 4 is 22.6 Å². The standard InChI is InChI=1S/C25H22N2O3/c26-16-18-8-10-19(11-9-18)17-30-25(29)21-12-14-27(15-13-21)24(28)23-7-3-5-20-4-1-2-6-22(20)23/h1-11,21H,12-15,17H2. The van der Waals surface area contributed by atoms with Crippen molar-refractivity contribution in [1.29, 1.82) is 5.26 Å². The first-order valence-electron chi connectivity index (χ1n) is 10.1. The first-order chi connectivity index (χ1) is 14.7. The second-order valence-corrected chi connectivity index (χ2v) is 7.51. The number of amides is 1. The number of esters is 1. The van der Waals surface area contributed by atoms with E-state index >= 15 is 0 Å². The fraction of sp³-hybridized carbons (Fsp3) is 0.240. The molecule has 4 rings (SSSR count). The van der Waals surface area contributed by atoms with Crippen molar-refractivity contribution < 1.29 is 14.3 Å². The Balaban J connectivity index is 1.33. The maximum atomic E-state index is 13.0. The molecule has 30 heavy (non-hydrogen) atoms. The van der Waals surface area contributed by atoms with E-state index in [2.05, 4.69) is 6.07 Å². The Morgan fingerprint density at radius 3 is 2.40 bits per heavy atom. The molecule has 3 aromatic carbocycles. The van der Waals surface area contributed by atoms with Gasteiger partial charge in [0.2, 0.25) is 0 Å². The summed E-state index contributed by atoms with van der Waals surface area (Å²) in [6.07, 6.45) is 1.20. The van der Waals surface area contributed by atoms with Crippen molar-refractivity contribution in [3.8, 4) is 6.07 Å². The van der Waals surface area contributed by atoms with E-state index in [-0.39, 0.29) is 24.4 Å². The predicted molar refractivity (Wildman–Crippen MR) is 114 cm³/mol. The van der Waals surface area contributed by atoms with Gasteiger partial charge in [-0.2, -0.15) is 5.26 Å². The number of nitrogens with zero attached hydrogens (tertiary/aromatic N) is 2. The summed E-state index contributed by atoms with van der Waals surface area (Å²) in [6.45, 7) is 1.27. The van der Waals surface area contributed by atoms with Gasteiger partial charge < -0.3 is 9.64 Å². The summed E-state index contributed by atoms with van der Waals surface area (Å²) in [7, 11) is 0. The van der Waals surface area contributed by atoms with E-state index in [1.807, 2.05) is 47.4 Å². The Morgan fingerprint density at radius 2 is 1.67 bits per heavy atom. The van der Waals surface area contributed by atoms with Gasteiger partial charge in [0.25, 0.3) is 5.91 Å². The SMILES string of the molecule is N#Cc1ccc(COC(=O)C2CCN(C(=O)c3cccc4ccccc34)CC2)cc1. The minimum atomic E-state index is -0.225. The summed E-state index contributed by atoms with van der Waals surface area (Å²) in [5, 5.41) is 10.8. The molecule has 1 saturated heterocycles. The van der Waals surface area contributed by atoms with Gasteiger partial charge in [-0.1, -0.05) is 48.5 Å². The number of rotatable bonds is 4. The van der Waals surface area contributed by atoms with E-state index in [0.717, 1.165) is 16.3 Å². The molecular weight excluding hydrogens is 376 g/mol. The van der Waals surface area contributed by atoms with Gasteiger partial charge >= 0.3 is 5.97 Å². The summed E-state index contributed by atoms with van der Waals surface area (Å²) >= 11 is 0. The van der Waals surface area contributed by atoms with Gasteiger partial charge in [-0.05, 0) is 47.4 Å². The second kappa shape index (κ2) is 8.79. The Hall–Kier alpha value is -3.65. The van der Waals surface area contributed by atoms with Crippen LogP contribution in [0.1, 0.15) is 34.3 Å². The molecular formula is C25H22N2O3.